The molecule has 0 unspecified atom stereocenters. The van der Waals surface area contributed by atoms with E-state index in [1.807, 2.05) is 53.3 Å². The second-order valence-corrected chi connectivity index (χ2v) is 4.23. The standard InChI is InChI=1S/C15H14N4/c16-9-13-11-19(14-6-2-1-3-7-14)18-15(13)12-5-4-8-17-10-12/h1-8,10-11H,9,16H2. The number of benzene rings is 1. The van der Waals surface area contributed by atoms with Crippen LogP contribution in [0.1, 0.15) is 5.56 Å². The van der Waals surface area contributed by atoms with Gasteiger partial charge in [-0.15, -0.1) is 0 Å². The molecular formula is C15H14N4. The maximum atomic E-state index is 5.81. The minimum Gasteiger partial charge on any atom is -0.326 e. The molecule has 3 rings (SSSR count). The first-order valence-corrected chi connectivity index (χ1v) is 6.13. The molecule has 0 aliphatic rings. The van der Waals surface area contributed by atoms with Gasteiger partial charge in [0.25, 0.3) is 0 Å². The molecule has 0 radical (unpaired) electrons. The minimum absolute atomic E-state index is 0.455. The summed E-state index contributed by atoms with van der Waals surface area (Å²) in [5.74, 6) is 0. The molecular weight excluding hydrogens is 236 g/mol. The van der Waals surface area contributed by atoms with Crippen molar-refractivity contribution >= 4 is 0 Å². The first-order chi connectivity index (χ1) is 9.38. The average Bonchev–Trinajstić information content (AvgIpc) is 2.93. The van der Waals surface area contributed by atoms with Crippen molar-refractivity contribution in [3.8, 4) is 16.9 Å². The molecule has 1 aromatic carbocycles. The summed E-state index contributed by atoms with van der Waals surface area (Å²) in [6, 6.07) is 13.9. The Kier molecular flexibility index (Phi) is 3.08. The van der Waals surface area contributed by atoms with E-state index in [1.165, 1.54) is 0 Å². The van der Waals surface area contributed by atoms with E-state index in [1.54, 1.807) is 12.4 Å². The predicted octanol–water partition coefficient (Wildman–Crippen LogP) is 2.39. The fourth-order valence-corrected chi connectivity index (χ4v) is 2.02. The van der Waals surface area contributed by atoms with Gasteiger partial charge in [-0.1, -0.05) is 18.2 Å². The van der Waals surface area contributed by atoms with E-state index in [0.29, 0.717) is 6.54 Å². The number of pyridine rings is 1. The topological polar surface area (TPSA) is 56.7 Å². The highest BCUT2D eigenvalue weighted by atomic mass is 15.3. The molecule has 4 heteroatoms. The summed E-state index contributed by atoms with van der Waals surface area (Å²) in [5.41, 5.74) is 9.71. The SMILES string of the molecule is NCc1cn(-c2ccccc2)nc1-c1cccnc1. The third-order valence-corrected chi connectivity index (χ3v) is 2.97. The first-order valence-electron chi connectivity index (χ1n) is 6.13. The number of hydrogen-bond donors (Lipinski definition) is 1. The molecule has 2 aromatic heterocycles. The van der Waals surface area contributed by atoms with Gasteiger partial charge < -0.3 is 5.73 Å². The van der Waals surface area contributed by atoms with E-state index in [2.05, 4.69) is 10.1 Å². The zero-order valence-corrected chi connectivity index (χ0v) is 10.4. The molecule has 0 bridgehead atoms. The highest BCUT2D eigenvalue weighted by molar-refractivity contribution is 5.62. The lowest BCUT2D eigenvalue weighted by Crippen LogP contribution is -1.96. The van der Waals surface area contributed by atoms with Gasteiger partial charge in [0.1, 0.15) is 0 Å². The number of para-hydroxylation sites is 1. The lowest BCUT2D eigenvalue weighted by atomic mass is 10.1. The Morgan fingerprint density at radius 3 is 2.58 bits per heavy atom. The zero-order valence-electron chi connectivity index (χ0n) is 10.4. The summed E-state index contributed by atoms with van der Waals surface area (Å²) in [6.45, 7) is 0.455. The lowest BCUT2D eigenvalue weighted by molar-refractivity contribution is 0.882. The van der Waals surface area contributed by atoms with E-state index in [4.69, 9.17) is 5.73 Å². The van der Waals surface area contributed by atoms with Crippen LogP contribution >= 0.6 is 0 Å². The summed E-state index contributed by atoms with van der Waals surface area (Å²) < 4.78 is 1.85. The van der Waals surface area contributed by atoms with Crippen LogP contribution in [0.3, 0.4) is 0 Å². The molecule has 94 valence electrons. The first kappa shape index (κ1) is 11.6. The second-order valence-electron chi connectivity index (χ2n) is 4.23. The van der Waals surface area contributed by atoms with Crippen molar-refractivity contribution in [3.05, 3.63) is 66.6 Å². The maximum absolute atomic E-state index is 5.81. The molecule has 4 nitrogen and oxygen atoms in total. The van der Waals surface area contributed by atoms with Crippen LogP contribution in [0.25, 0.3) is 16.9 Å². The summed E-state index contributed by atoms with van der Waals surface area (Å²) in [4.78, 5) is 4.13. The van der Waals surface area contributed by atoms with Crippen molar-refractivity contribution in [1.29, 1.82) is 0 Å². The molecule has 0 saturated heterocycles. The zero-order chi connectivity index (χ0) is 13.1. The van der Waals surface area contributed by atoms with Crippen molar-refractivity contribution < 1.29 is 0 Å². The van der Waals surface area contributed by atoms with Crippen LogP contribution in [0.4, 0.5) is 0 Å². The fourth-order valence-electron chi connectivity index (χ4n) is 2.02. The summed E-state index contributed by atoms with van der Waals surface area (Å²) in [6.07, 6.45) is 5.52. The van der Waals surface area contributed by atoms with Gasteiger partial charge in [0.05, 0.1) is 11.4 Å². The molecule has 3 aromatic rings. The van der Waals surface area contributed by atoms with Crippen LogP contribution in [0, 0.1) is 0 Å². The molecule has 19 heavy (non-hydrogen) atoms. The maximum Gasteiger partial charge on any atom is 0.0987 e. The van der Waals surface area contributed by atoms with E-state index in [9.17, 15) is 0 Å². The van der Waals surface area contributed by atoms with Gasteiger partial charge in [0.15, 0.2) is 0 Å². The Hall–Kier alpha value is -2.46. The van der Waals surface area contributed by atoms with Crippen molar-refractivity contribution in [3.63, 3.8) is 0 Å². The van der Waals surface area contributed by atoms with Crippen LogP contribution in [0.5, 0.6) is 0 Å². The molecule has 0 atom stereocenters. The number of aromatic nitrogens is 3. The number of hydrogen-bond acceptors (Lipinski definition) is 3. The van der Waals surface area contributed by atoms with Crippen molar-refractivity contribution in [1.82, 2.24) is 14.8 Å². The summed E-state index contributed by atoms with van der Waals surface area (Å²) in [5, 5.41) is 4.62. The molecule has 0 fully saturated rings. The highest BCUT2D eigenvalue weighted by Crippen LogP contribution is 2.22. The van der Waals surface area contributed by atoms with Gasteiger partial charge in [0.2, 0.25) is 0 Å². The fraction of sp³-hybridized carbons (Fsp3) is 0.0667. The second kappa shape index (κ2) is 5.04. The van der Waals surface area contributed by atoms with E-state index >= 15 is 0 Å². The van der Waals surface area contributed by atoms with Crippen LogP contribution in [-0.4, -0.2) is 14.8 Å². The lowest BCUT2D eigenvalue weighted by Gasteiger charge is -2.00. The van der Waals surface area contributed by atoms with Gasteiger partial charge in [-0.3, -0.25) is 4.98 Å². The molecule has 2 heterocycles. The summed E-state index contributed by atoms with van der Waals surface area (Å²) in [7, 11) is 0. The van der Waals surface area contributed by atoms with E-state index < -0.39 is 0 Å². The third-order valence-electron chi connectivity index (χ3n) is 2.97. The van der Waals surface area contributed by atoms with Gasteiger partial charge in [-0.2, -0.15) is 5.10 Å². The van der Waals surface area contributed by atoms with Crippen LogP contribution < -0.4 is 5.73 Å². The number of nitrogens with zero attached hydrogens (tertiary/aromatic N) is 3. The normalized spacial score (nSPS) is 10.6. The quantitative estimate of drug-likeness (QED) is 0.776. The molecule has 0 saturated carbocycles. The Balaban J connectivity index is 2.09. The predicted molar refractivity (Wildman–Crippen MR) is 74.7 cm³/mol. The summed E-state index contributed by atoms with van der Waals surface area (Å²) >= 11 is 0. The molecule has 2 N–H and O–H groups in total. The van der Waals surface area contributed by atoms with Crippen LogP contribution in [0.15, 0.2) is 61.1 Å². The Bertz CT molecular complexity index is 659. The molecule has 0 amide bonds. The van der Waals surface area contributed by atoms with Crippen molar-refractivity contribution in [2.45, 2.75) is 6.54 Å². The van der Waals surface area contributed by atoms with Gasteiger partial charge >= 0.3 is 0 Å². The average molecular weight is 250 g/mol. The number of rotatable bonds is 3. The Morgan fingerprint density at radius 2 is 1.89 bits per heavy atom. The van der Waals surface area contributed by atoms with Crippen molar-refractivity contribution in [2.24, 2.45) is 5.73 Å². The van der Waals surface area contributed by atoms with Gasteiger partial charge in [0, 0.05) is 36.3 Å². The van der Waals surface area contributed by atoms with Crippen LogP contribution in [-0.2, 0) is 6.54 Å². The number of nitrogens with two attached hydrogens (primary N) is 1. The Morgan fingerprint density at radius 1 is 1.05 bits per heavy atom. The minimum atomic E-state index is 0.455. The molecule has 0 spiro atoms. The van der Waals surface area contributed by atoms with E-state index in [0.717, 1.165) is 22.5 Å². The highest BCUT2D eigenvalue weighted by Gasteiger charge is 2.10. The Labute approximate surface area is 111 Å². The monoisotopic (exact) mass is 250 g/mol. The molecule has 0 aliphatic heterocycles. The van der Waals surface area contributed by atoms with Gasteiger partial charge in [-0.25, -0.2) is 4.68 Å². The van der Waals surface area contributed by atoms with Crippen LogP contribution in [0.2, 0.25) is 0 Å². The largest absolute Gasteiger partial charge is 0.326 e. The van der Waals surface area contributed by atoms with E-state index in [-0.39, 0.29) is 0 Å². The molecule has 0 aliphatic carbocycles. The van der Waals surface area contributed by atoms with Crippen molar-refractivity contribution in [2.75, 3.05) is 0 Å². The van der Waals surface area contributed by atoms with Gasteiger partial charge in [-0.05, 0) is 24.3 Å². The third kappa shape index (κ3) is 2.26. The smallest absolute Gasteiger partial charge is 0.0987 e.